The Hall–Kier alpha value is -0.740. The van der Waals surface area contributed by atoms with Gasteiger partial charge in [0.1, 0.15) is 0 Å². The van der Waals surface area contributed by atoms with Crippen LogP contribution in [0.25, 0.3) is 0 Å². The van der Waals surface area contributed by atoms with E-state index in [1.807, 2.05) is 18.2 Å². The molecule has 1 aromatic heterocycles. The third-order valence-electron chi connectivity index (χ3n) is 3.35. The maximum Gasteiger partial charge on any atom is 0.213 e. The Labute approximate surface area is 114 Å². The monoisotopic (exact) mass is 266 g/mol. The number of thioether (sulfide) groups is 1. The normalized spacial score (nSPS) is 23.2. The number of hydrogen-bond donors (Lipinski definition) is 1. The van der Waals surface area contributed by atoms with Crippen LogP contribution in [0.5, 0.6) is 5.88 Å². The van der Waals surface area contributed by atoms with Gasteiger partial charge in [0.05, 0.1) is 12.8 Å². The summed E-state index contributed by atoms with van der Waals surface area (Å²) in [5.74, 6) is 1.93. The van der Waals surface area contributed by atoms with Gasteiger partial charge in [-0.15, -0.1) is 0 Å². The van der Waals surface area contributed by atoms with Crippen molar-refractivity contribution in [3.63, 3.8) is 0 Å². The van der Waals surface area contributed by atoms with Crippen molar-refractivity contribution in [3.05, 3.63) is 23.9 Å². The molecule has 2 rings (SSSR count). The van der Waals surface area contributed by atoms with Crippen LogP contribution in [0.4, 0.5) is 0 Å². The number of ether oxygens (including phenoxy) is 1. The molecule has 1 N–H and O–H groups in total. The first-order chi connectivity index (χ1) is 8.81. The average molecular weight is 266 g/mol. The molecule has 1 aromatic rings. The van der Waals surface area contributed by atoms with Crippen molar-refractivity contribution < 1.29 is 4.74 Å². The topological polar surface area (TPSA) is 34.1 Å². The molecule has 0 saturated heterocycles. The molecule has 0 amide bonds. The first-order valence-electron chi connectivity index (χ1n) is 6.66. The smallest absolute Gasteiger partial charge is 0.213 e. The zero-order chi connectivity index (χ0) is 12.8. The van der Waals surface area contributed by atoms with Gasteiger partial charge in [0.2, 0.25) is 5.88 Å². The van der Waals surface area contributed by atoms with Crippen LogP contribution in [-0.4, -0.2) is 29.1 Å². The number of hydrogen-bond acceptors (Lipinski definition) is 4. The van der Waals surface area contributed by atoms with Gasteiger partial charge in [-0.25, -0.2) is 4.98 Å². The van der Waals surface area contributed by atoms with Crippen molar-refractivity contribution in [2.75, 3.05) is 12.9 Å². The second kappa shape index (κ2) is 7.00. The van der Waals surface area contributed by atoms with Gasteiger partial charge >= 0.3 is 0 Å². The van der Waals surface area contributed by atoms with Crippen LogP contribution in [0.3, 0.4) is 0 Å². The van der Waals surface area contributed by atoms with E-state index >= 15 is 0 Å². The second-order valence-electron chi connectivity index (χ2n) is 4.64. The van der Waals surface area contributed by atoms with E-state index < -0.39 is 0 Å². The molecule has 0 aromatic carbocycles. The molecule has 0 unspecified atom stereocenters. The molecule has 1 fully saturated rings. The summed E-state index contributed by atoms with van der Waals surface area (Å²) in [5.41, 5.74) is 1.06. The molecule has 0 aliphatic heterocycles. The molecule has 18 heavy (non-hydrogen) atoms. The standard InChI is InChI=1S/C14H22N2OS/c1-3-18-13-8-7-11(9-13)15-10-12-5-4-6-14(16-12)17-2/h4-6,11,13,15H,3,7-10H2,1-2H3/t11-,13+/m1/s1. The molecule has 1 aliphatic rings. The minimum Gasteiger partial charge on any atom is -0.481 e. The Morgan fingerprint density at radius 3 is 3.11 bits per heavy atom. The van der Waals surface area contributed by atoms with Crippen LogP contribution >= 0.6 is 11.8 Å². The molecule has 3 nitrogen and oxygen atoms in total. The maximum atomic E-state index is 5.13. The Bertz CT molecular complexity index is 373. The maximum absolute atomic E-state index is 5.13. The van der Waals surface area contributed by atoms with Crippen LogP contribution in [0, 0.1) is 0 Å². The van der Waals surface area contributed by atoms with Crippen LogP contribution in [-0.2, 0) is 6.54 Å². The van der Waals surface area contributed by atoms with Gasteiger partial charge < -0.3 is 10.1 Å². The number of methoxy groups -OCH3 is 1. The van der Waals surface area contributed by atoms with Gasteiger partial charge in [-0.1, -0.05) is 13.0 Å². The molecule has 1 saturated carbocycles. The zero-order valence-corrected chi connectivity index (χ0v) is 12.0. The summed E-state index contributed by atoms with van der Waals surface area (Å²) in [4.78, 5) is 4.42. The number of rotatable bonds is 6. The van der Waals surface area contributed by atoms with Crippen LogP contribution in [0.15, 0.2) is 18.2 Å². The predicted molar refractivity (Wildman–Crippen MR) is 77.2 cm³/mol. The fraction of sp³-hybridized carbons (Fsp3) is 0.643. The lowest BCUT2D eigenvalue weighted by atomic mass is 10.2. The summed E-state index contributed by atoms with van der Waals surface area (Å²) >= 11 is 2.09. The number of pyridine rings is 1. The van der Waals surface area contributed by atoms with E-state index in [1.165, 1.54) is 25.0 Å². The Morgan fingerprint density at radius 2 is 2.33 bits per heavy atom. The number of aromatic nitrogens is 1. The highest BCUT2D eigenvalue weighted by Crippen LogP contribution is 2.29. The summed E-state index contributed by atoms with van der Waals surface area (Å²) in [5, 5.41) is 4.46. The van der Waals surface area contributed by atoms with E-state index in [1.54, 1.807) is 7.11 Å². The van der Waals surface area contributed by atoms with E-state index in [-0.39, 0.29) is 0 Å². The quantitative estimate of drug-likeness (QED) is 0.858. The fourth-order valence-corrected chi connectivity index (χ4v) is 3.57. The average Bonchev–Trinajstić information content (AvgIpc) is 2.85. The number of nitrogens with one attached hydrogen (secondary N) is 1. The van der Waals surface area contributed by atoms with Gasteiger partial charge in [-0.2, -0.15) is 11.8 Å². The summed E-state index contributed by atoms with van der Waals surface area (Å²) in [7, 11) is 1.66. The minimum atomic E-state index is 0.655. The highest BCUT2D eigenvalue weighted by Gasteiger charge is 2.23. The molecule has 4 heteroatoms. The molecule has 1 heterocycles. The summed E-state index contributed by atoms with van der Waals surface area (Å²) in [6.45, 7) is 3.08. The van der Waals surface area contributed by atoms with Crippen molar-refractivity contribution in [2.24, 2.45) is 0 Å². The summed E-state index contributed by atoms with van der Waals surface area (Å²) in [6.07, 6.45) is 3.94. The molecule has 0 radical (unpaired) electrons. The molecular weight excluding hydrogens is 244 g/mol. The van der Waals surface area contributed by atoms with E-state index in [0.717, 1.165) is 17.5 Å². The first kappa shape index (κ1) is 13.7. The van der Waals surface area contributed by atoms with Crippen molar-refractivity contribution in [1.29, 1.82) is 0 Å². The Morgan fingerprint density at radius 1 is 1.44 bits per heavy atom. The lowest BCUT2D eigenvalue weighted by molar-refractivity contribution is 0.395. The van der Waals surface area contributed by atoms with E-state index in [9.17, 15) is 0 Å². The first-order valence-corrected chi connectivity index (χ1v) is 7.71. The molecule has 0 spiro atoms. The highest BCUT2D eigenvalue weighted by atomic mass is 32.2. The molecule has 1 aliphatic carbocycles. The van der Waals surface area contributed by atoms with Crippen molar-refractivity contribution in [1.82, 2.24) is 10.3 Å². The zero-order valence-electron chi connectivity index (χ0n) is 11.2. The van der Waals surface area contributed by atoms with Gasteiger partial charge in [0.15, 0.2) is 0 Å². The molecule has 0 bridgehead atoms. The predicted octanol–water partition coefficient (Wildman–Crippen LogP) is 2.85. The largest absolute Gasteiger partial charge is 0.481 e. The van der Waals surface area contributed by atoms with Crippen molar-refractivity contribution in [3.8, 4) is 5.88 Å². The third kappa shape index (κ3) is 3.89. The van der Waals surface area contributed by atoms with Gasteiger partial charge in [-0.05, 0) is 31.1 Å². The number of nitrogens with zero attached hydrogens (tertiary/aromatic N) is 1. The molecule has 2 atom stereocenters. The van der Waals surface area contributed by atoms with E-state index in [0.29, 0.717) is 11.9 Å². The minimum absolute atomic E-state index is 0.655. The molecular formula is C14H22N2OS. The van der Waals surface area contributed by atoms with Crippen LogP contribution in [0.1, 0.15) is 31.9 Å². The lowest BCUT2D eigenvalue weighted by Gasteiger charge is -2.13. The summed E-state index contributed by atoms with van der Waals surface area (Å²) < 4.78 is 5.13. The van der Waals surface area contributed by atoms with E-state index in [4.69, 9.17) is 4.74 Å². The summed E-state index contributed by atoms with van der Waals surface area (Å²) in [6, 6.07) is 6.57. The van der Waals surface area contributed by atoms with Crippen LogP contribution in [0.2, 0.25) is 0 Å². The van der Waals surface area contributed by atoms with Crippen LogP contribution < -0.4 is 10.1 Å². The van der Waals surface area contributed by atoms with Gasteiger partial charge in [0.25, 0.3) is 0 Å². The SMILES string of the molecule is CCS[C@H]1CC[C@@H](NCc2cccc(OC)n2)C1. The highest BCUT2D eigenvalue weighted by molar-refractivity contribution is 7.99. The third-order valence-corrected chi connectivity index (χ3v) is 4.58. The van der Waals surface area contributed by atoms with Gasteiger partial charge in [-0.3, -0.25) is 0 Å². The second-order valence-corrected chi connectivity index (χ2v) is 6.22. The van der Waals surface area contributed by atoms with Gasteiger partial charge in [0, 0.05) is 23.9 Å². The van der Waals surface area contributed by atoms with E-state index in [2.05, 4.69) is 29.0 Å². The lowest BCUT2D eigenvalue weighted by Crippen LogP contribution is -2.26. The Balaban J connectivity index is 1.78. The fourth-order valence-electron chi connectivity index (χ4n) is 2.43. The molecule has 100 valence electrons. The Kier molecular flexibility index (Phi) is 5.32. The van der Waals surface area contributed by atoms with Crippen molar-refractivity contribution in [2.45, 2.75) is 44.0 Å². The van der Waals surface area contributed by atoms with Crippen molar-refractivity contribution >= 4 is 11.8 Å².